The summed E-state index contributed by atoms with van der Waals surface area (Å²) in [6.45, 7) is 0. The van der Waals surface area contributed by atoms with Gasteiger partial charge in [0.2, 0.25) is 11.6 Å². The molecule has 6 nitrogen and oxygen atoms in total. The molecule has 2 rings (SSSR count). The van der Waals surface area contributed by atoms with Crippen LogP contribution < -0.4 is 0 Å². The zero-order valence-corrected chi connectivity index (χ0v) is 11.3. The molecule has 0 aliphatic rings. The number of esters is 1. The van der Waals surface area contributed by atoms with E-state index in [-0.39, 0.29) is 11.3 Å². The summed E-state index contributed by atoms with van der Waals surface area (Å²) in [7, 11) is 1.27. The highest BCUT2D eigenvalue weighted by atomic mass is 19.1. The number of benzene rings is 2. The highest BCUT2D eigenvalue weighted by molar-refractivity contribution is 5.92. The van der Waals surface area contributed by atoms with Gasteiger partial charge in [-0.05, 0) is 24.3 Å². The van der Waals surface area contributed by atoms with E-state index in [0.717, 1.165) is 18.2 Å². The van der Waals surface area contributed by atoms with Crippen LogP contribution in [0.1, 0.15) is 10.4 Å². The molecule has 0 heterocycles. The fourth-order valence-corrected chi connectivity index (χ4v) is 1.42. The summed E-state index contributed by atoms with van der Waals surface area (Å²) in [5, 5.41) is 19.1. The van der Waals surface area contributed by atoms with Gasteiger partial charge in [0.15, 0.2) is 0 Å². The van der Waals surface area contributed by atoms with E-state index in [0.29, 0.717) is 0 Å². The molecule has 0 amide bonds. The summed E-state index contributed by atoms with van der Waals surface area (Å²) in [5.74, 6) is -2.90. The molecule has 22 heavy (non-hydrogen) atoms. The van der Waals surface area contributed by atoms with Crippen molar-refractivity contribution < 1.29 is 28.3 Å². The second-order valence-electron chi connectivity index (χ2n) is 3.84. The van der Waals surface area contributed by atoms with Crippen LogP contribution in [0.5, 0.6) is 5.75 Å². The third kappa shape index (κ3) is 4.23. The largest absolute Gasteiger partial charge is 0.507 e. The van der Waals surface area contributed by atoms with Crippen LogP contribution >= 0.6 is 0 Å². The first-order valence-corrected chi connectivity index (χ1v) is 5.83. The molecule has 116 valence electrons. The average Bonchev–Trinajstić information content (AvgIpc) is 2.47. The number of halogens is 2. The highest BCUT2D eigenvalue weighted by Crippen LogP contribution is 2.19. The summed E-state index contributed by atoms with van der Waals surface area (Å²) in [6.07, 6.45) is 0. The topological polar surface area (TPSA) is 89.7 Å². The second kappa shape index (κ2) is 7.67. The molecule has 0 aliphatic carbocycles. The van der Waals surface area contributed by atoms with E-state index < -0.39 is 28.2 Å². The predicted molar refractivity (Wildman–Crippen MR) is 72.5 cm³/mol. The Labute approximate surface area is 123 Å². The average molecular weight is 311 g/mol. The van der Waals surface area contributed by atoms with Crippen molar-refractivity contribution in [2.24, 2.45) is 0 Å². The Bertz CT molecular complexity index is 670. The Balaban J connectivity index is 0.000000220. The van der Waals surface area contributed by atoms with Crippen LogP contribution in [0, 0.1) is 21.7 Å². The van der Waals surface area contributed by atoms with Crippen molar-refractivity contribution in [1.29, 1.82) is 0 Å². The molecule has 2 aromatic rings. The molecular formula is C14H11F2NO5. The van der Waals surface area contributed by atoms with Gasteiger partial charge in [-0.25, -0.2) is 4.79 Å². The number of hydrogen-bond acceptors (Lipinski definition) is 5. The van der Waals surface area contributed by atoms with Gasteiger partial charge in [0, 0.05) is 0 Å². The molecule has 0 unspecified atom stereocenters. The maximum atomic E-state index is 12.4. The number of ether oxygens (including phenoxy) is 1. The third-order valence-corrected chi connectivity index (χ3v) is 2.43. The minimum atomic E-state index is -1.16. The molecule has 0 fully saturated rings. The Hall–Kier alpha value is -3.03. The normalized spacial score (nSPS) is 9.41. The lowest BCUT2D eigenvalue weighted by molar-refractivity contribution is -0.390. The van der Waals surface area contributed by atoms with Gasteiger partial charge in [-0.1, -0.05) is 18.2 Å². The fourth-order valence-electron chi connectivity index (χ4n) is 1.42. The number of methoxy groups -OCH3 is 1. The first kappa shape index (κ1) is 17.0. The quantitative estimate of drug-likeness (QED) is 0.523. The van der Waals surface area contributed by atoms with Gasteiger partial charge < -0.3 is 9.84 Å². The number of nitro groups is 1. The van der Waals surface area contributed by atoms with Crippen LogP contribution in [0.2, 0.25) is 0 Å². The number of rotatable bonds is 2. The maximum absolute atomic E-state index is 12.4. The highest BCUT2D eigenvalue weighted by Gasteiger charge is 2.19. The fraction of sp³-hybridized carbons (Fsp3) is 0.0714. The molecule has 0 saturated heterocycles. The molecule has 8 heteroatoms. The van der Waals surface area contributed by atoms with Crippen LogP contribution in [0.15, 0.2) is 42.5 Å². The van der Waals surface area contributed by atoms with E-state index in [9.17, 15) is 23.7 Å². The third-order valence-electron chi connectivity index (χ3n) is 2.43. The zero-order valence-electron chi connectivity index (χ0n) is 11.3. The molecule has 1 N–H and O–H groups in total. The number of carbonyl (C=O) groups excluding carboxylic acids is 1. The number of para-hydroxylation sites is 2. The molecule has 0 aromatic heterocycles. The standard InChI is InChI=1S/C8H8O3.C6H3F2NO2/c1-11-8(10)6-4-2-3-5-7(6)9;7-4-2-1-3-5(8)6(4)9(10)11/h2-5,9H,1H3;1-3H. The Morgan fingerprint density at radius 3 is 2.09 bits per heavy atom. The smallest absolute Gasteiger partial charge is 0.341 e. The monoisotopic (exact) mass is 311 g/mol. The van der Waals surface area contributed by atoms with Gasteiger partial charge in [-0.3, -0.25) is 10.1 Å². The molecule has 0 saturated carbocycles. The molecule has 0 spiro atoms. The van der Waals surface area contributed by atoms with Gasteiger partial charge in [-0.15, -0.1) is 0 Å². The van der Waals surface area contributed by atoms with Crippen LogP contribution in [-0.2, 0) is 4.74 Å². The van der Waals surface area contributed by atoms with Gasteiger partial charge in [0.25, 0.3) is 0 Å². The van der Waals surface area contributed by atoms with E-state index in [1.165, 1.54) is 19.2 Å². The van der Waals surface area contributed by atoms with Crippen molar-refractivity contribution in [2.75, 3.05) is 7.11 Å². The number of nitrogens with zero attached hydrogens (tertiary/aromatic N) is 1. The number of carbonyl (C=O) groups is 1. The summed E-state index contributed by atoms with van der Waals surface area (Å²) < 4.78 is 29.3. The zero-order chi connectivity index (χ0) is 16.7. The summed E-state index contributed by atoms with van der Waals surface area (Å²) in [5.41, 5.74) is -0.914. The maximum Gasteiger partial charge on any atom is 0.341 e. The van der Waals surface area contributed by atoms with Gasteiger partial charge in [0.05, 0.1) is 12.0 Å². The molecule has 0 aliphatic heterocycles. The first-order valence-electron chi connectivity index (χ1n) is 5.83. The number of hydrogen-bond donors (Lipinski definition) is 1. The molecule has 2 aromatic carbocycles. The Morgan fingerprint density at radius 2 is 1.68 bits per heavy atom. The van der Waals surface area contributed by atoms with Crippen molar-refractivity contribution >= 4 is 11.7 Å². The lowest BCUT2D eigenvalue weighted by atomic mass is 10.2. The SMILES string of the molecule is COC(=O)c1ccccc1O.O=[N+]([O-])c1c(F)cccc1F. The van der Waals surface area contributed by atoms with Gasteiger partial charge in [-0.2, -0.15) is 8.78 Å². The molecule has 0 bridgehead atoms. The molecular weight excluding hydrogens is 300 g/mol. The van der Waals surface area contributed by atoms with Crippen molar-refractivity contribution in [3.63, 3.8) is 0 Å². The first-order chi connectivity index (χ1) is 10.4. The van der Waals surface area contributed by atoms with E-state index in [1.807, 2.05) is 0 Å². The van der Waals surface area contributed by atoms with E-state index in [4.69, 9.17) is 5.11 Å². The Morgan fingerprint density at radius 1 is 1.14 bits per heavy atom. The lowest BCUT2D eigenvalue weighted by Gasteiger charge is -1.99. The minimum Gasteiger partial charge on any atom is -0.507 e. The van der Waals surface area contributed by atoms with Crippen molar-refractivity contribution in [2.45, 2.75) is 0 Å². The number of phenols is 1. The van der Waals surface area contributed by atoms with Crippen LogP contribution in [0.25, 0.3) is 0 Å². The van der Waals surface area contributed by atoms with E-state index >= 15 is 0 Å². The Kier molecular flexibility index (Phi) is 5.94. The lowest BCUT2D eigenvalue weighted by Crippen LogP contribution is -2.00. The second-order valence-corrected chi connectivity index (χ2v) is 3.84. The molecule has 0 radical (unpaired) electrons. The van der Waals surface area contributed by atoms with Crippen molar-refractivity contribution in [1.82, 2.24) is 0 Å². The minimum absolute atomic E-state index is 0.0562. The molecule has 0 atom stereocenters. The number of aromatic hydroxyl groups is 1. The summed E-state index contributed by atoms with van der Waals surface area (Å²) in [6, 6.07) is 8.97. The van der Waals surface area contributed by atoms with Crippen molar-refractivity contribution in [3.8, 4) is 5.75 Å². The van der Waals surface area contributed by atoms with Crippen LogP contribution in [0.3, 0.4) is 0 Å². The predicted octanol–water partition coefficient (Wildman–Crippen LogP) is 3.05. The van der Waals surface area contributed by atoms with Gasteiger partial charge >= 0.3 is 11.7 Å². The van der Waals surface area contributed by atoms with E-state index in [1.54, 1.807) is 12.1 Å². The number of phenolic OH excluding ortho intramolecular Hbond substituents is 1. The van der Waals surface area contributed by atoms with Crippen molar-refractivity contribution in [3.05, 3.63) is 69.8 Å². The summed E-state index contributed by atoms with van der Waals surface area (Å²) in [4.78, 5) is 19.7. The van der Waals surface area contributed by atoms with Gasteiger partial charge in [0.1, 0.15) is 11.3 Å². The summed E-state index contributed by atoms with van der Waals surface area (Å²) >= 11 is 0. The van der Waals surface area contributed by atoms with Crippen LogP contribution in [-0.4, -0.2) is 23.1 Å². The van der Waals surface area contributed by atoms with E-state index in [2.05, 4.69) is 4.74 Å². The number of nitro benzene ring substituents is 1. The van der Waals surface area contributed by atoms with Crippen LogP contribution in [0.4, 0.5) is 14.5 Å².